The van der Waals surface area contributed by atoms with Crippen molar-refractivity contribution >= 4 is 44.5 Å². The second-order valence-corrected chi connectivity index (χ2v) is 8.03. The maximum Gasteiger partial charge on any atom is 0.272 e. The van der Waals surface area contributed by atoms with Gasteiger partial charge in [0, 0.05) is 25.2 Å². The van der Waals surface area contributed by atoms with Crippen molar-refractivity contribution in [1.29, 1.82) is 0 Å². The first kappa shape index (κ1) is 16.1. The summed E-state index contributed by atoms with van der Waals surface area (Å²) in [6.07, 6.45) is 7.13. The third-order valence-corrected chi connectivity index (χ3v) is 6.22. The maximum atomic E-state index is 12.9. The Morgan fingerprint density at radius 2 is 2.33 bits per heavy atom. The molecule has 2 unspecified atom stereocenters. The Hall–Kier alpha value is -1.34. The zero-order chi connectivity index (χ0) is 16.8. The largest absolute Gasteiger partial charge is 0.336 e. The predicted molar refractivity (Wildman–Crippen MR) is 100 cm³/mol. The number of hydrogen-bond donors (Lipinski definition) is 0. The number of halogens is 1. The van der Waals surface area contributed by atoms with Gasteiger partial charge >= 0.3 is 0 Å². The van der Waals surface area contributed by atoms with Gasteiger partial charge in [-0.1, -0.05) is 11.6 Å². The SMILES string of the molecule is C/C=C1/CC2CN(C(=O)c3cc4c(cn3)c(Br)nn4CSC)CC12. The highest BCUT2D eigenvalue weighted by atomic mass is 79.9. The molecule has 0 N–H and O–H groups in total. The van der Waals surface area contributed by atoms with Crippen LogP contribution in [0.15, 0.2) is 28.5 Å². The van der Waals surface area contributed by atoms with E-state index in [1.165, 1.54) is 5.57 Å². The number of thioether (sulfide) groups is 1. The van der Waals surface area contributed by atoms with Crippen LogP contribution in [0.25, 0.3) is 10.9 Å². The van der Waals surface area contributed by atoms with E-state index < -0.39 is 0 Å². The van der Waals surface area contributed by atoms with Crippen molar-refractivity contribution in [2.45, 2.75) is 19.2 Å². The Bertz CT molecular complexity index is 846. The number of fused-ring (bicyclic) bond motifs is 2. The summed E-state index contributed by atoms with van der Waals surface area (Å²) in [5.74, 6) is 1.99. The molecule has 2 aromatic rings. The number of nitrogens with zero attached hydrogens (tertiary/aromatic N) is 4. The minimum Gasteiger partial charge on any atom is -0.336 e. The molecule has 0 bridgehead atoms. The molecule has 0 aromatic carbocycles. The van der Waals surface area contributed by atoms with Crippen molar-refractivity contribution in [1.82, 2.24) is 19.7 Å². The molecular formula is C17H19BrN4OS. The minimum absolute atomic E-state index is 0.0368. The van der Waals surface area contributed by atoms with Gasteiger partial charge in [-0.05, 0) is 47.5 Å². The zero-order valence-electron chi connectivity index (χ0n) is 13.7. The summed E-state index contributed by atoms with van der Waals surface area (Å²) in [6, 6.07) is 1.88. The first-order valence-corrected chi connectivity index (χ1v) is 10.3. The van der Waals surface area contributed by atoms with E-state index in [2.05, 4.69) is 39.0 Å². The molecule has 1 amide bonds. The predicted octanol–water partition coefficient (Wildman–Crippen LogP) is 3.55. The number of aromatic nitrogens is 3. The molecular weight excluding hydrogens is 388 g/mol. The molecule has 5 nitrogen and oxygen atoms in total. The molecule has 1 aliphatic heterocycles. The van der Waals surface area contributed by atoms with E-state index in [0.29, 0.717) is 17.5 Å². The van der Waals surface area contributed by atoms with Gasteiger partial charge in [0.2, 0.25) is 0 Å². The molecule has 4 rings (SSSR count). The topological polar surface area (TPSA) is 51.0 Å². The van der Waals surface area contributed by atoms with E-state index in [0.717, 1.165) is 40.9 Å². The number of amides is 1. The summed E-state index contributed by atoms with van der Waals surface area (Å²) < 4.78 is 2.68. The van der Waals surface area contributed by atoms with Crippen molar-refractivity contribution in [3.05, 3.63) is 34.2 Å². The van der Waals surface area contributed by atoms with Gasteiger partial charge in [-0.3, -0.25) is 14.5 Å². The van der Waals surface area contributed by atoms with Crippen LogP contribution in [0.5, 0.6) is 0 Å². The summed E-state index contributed by atoms with van der Waals surface area (Å²) in [5, 5.41) is 5.42. The summed E-state index contributed by atoms with van der Waals surface area (Å²) >= 11 is 5.16. The van der Waals surface area contributed by atoms with Crippen LogP contribution in [0.3, 0.4) is 0 Å². The molecule has 2 atom stereocenters. The lowest BCUT2D eigenvalue weighted by atomic mass is 9.71. The van der Waals surface area contributed by atoms with E-state index in [-0.39, 0.29) is 5.91 Å². The molecule has 2 fully saturated rings. The monoisotopic (exact) mass is 406 g/mol. The van der Waals surface area contributed by atoms with Crippen LogP contribution in [-0.2, 0) is 5.88 Å². The molecule has 0 radical (unpaired) electrons. The van der Waals surface area contributed by atoms with Crippen molar-refractivity contribution in [2.75, 3.05) is 19.3 Å². The molecule has 2 aromatic heterocycles. The zero-order valence-corrected chi connectivity index (χ0v) is 16.1. The number of carbonyl (C=O) groups is 1. The summed E-state index contributed by atoms with van der Waals surface area (Å²) in [7, 11) is 0. The Morgan fingerprint density at radius 1 is 1.50 bits per heavy atom. The summed E-state index contributed by atoms with van der Waals surface area (Å²) in [5.41, 5.74) is 2.96. The Labute approximate surface area is 153 Å². The lowest BCUT2D eigenvalue weighted by Crippen LogP contribution is -2.29. The van der Waals surface area contributed by atoms with Crippen LogP contribution in [0.1, 0.15) is 23.8 Å². The first-order chi connectivity index (χ1) is 11.6. The molecule has 0 spiro atoms. The highest BCUT2D eigenvalue weighted by molar-refractivity contribution is 9.10. The van der Waals surface area contributed by atoms with E-state index >= 15 is 0 Å². The third-order valence-electron chi connectivity index (χ3n) is 5.13. The van der Waals surface area contributed by atoms with E-state index in [4.69, 9.17) is 0 Å². The standard InChI is InChI=1S/C17H19BrN4OS/c1-3-10-4-11-7-21(8-13(10)11)17(23)14-5-15-12(6-19-14)16(18)20-22(15)9-24-2/h3,5-6,11,13H,4,7-9H2,1-2H3/b10-3-. The highest BCUT2D eigenvalue weighted by Gasteiger charge is 2.44. The van der Waals surface area contributed by atoms with Crippen molar-refractivity contribution in [2.24, 2.45) is 11.8 Å². The van der Waals surface area contributed by atoms with Gasteiger partial charge in [0.25, 0.3) is 5.91 Å². The van der Waals surface area contributed by atoms with Crippen LogP contribution in [0.4, 0.5) is 0 Å². The number of allylic oxidation sites excluding steroid dienone is 1. The van der Waals surface area contributed by atoms with E-state index in [9.17, 15) is 4.79 Å². The van der Waals surface area contributed by atoms with Gasteiger partial charge in [-0.15, -0.1) is 11.8 Å². The van der Waals surface area contributed by atoms with Gasteiger partial charge in [0.05, 0.1) is 16.8 Å². The fourth-order valence-corrected chi connectivity index (χ4v) is 4.76. The number of pyridine rings is 1. The van der Waals surface area contributed by atoms with Gasteiger partial charge in [-0.25, -0.2) is 0 Å². The number of likely N-dealkylation sites (tertiary alicyclic amines) is 1. The summed E-state index contributed by atoms with van der Waals surface area (Å²) in [4.78, 5) is 19.2. The van der Waals surface area contributed by atoms with Crippen LogP contribution in [0, 0.1) is 11.8 Å². The normalized spacial score (nSPS) is 24.5. The Kier molecular flexibility index (Phi) is 4.16. The number of carbonyl (C=O) groups excluding carboxylic acids is 1. The first-order valence-electron chi connectivity index (χ1n) is 8.07. The average Bonchev–Trinajstić information content (AvgIpc) is 3.06. The molecule has 1 saturated heterocycles. The van der Waals surface area contributed by atoms with Crippen LogP contribution >= 0.6 is 27.7 Å². The van der Waals surface area contributed by atoms with Gasteiger partial charge in [0.15, 0.2) is 0 Å². The molecule has 1 saturated carbocycles. The molecule has 126 valence electrons. The molecule has 3 heterocycles. The fraction of sp³-hybridized carbons (Fsp3) is 0.471. The molecule has 2 aliphatic rings. The van der Waals surface area contributed by atoms with Gasteiger partial charge in [-0.2, -0.15) is 5.10 Å². The van der Waals surface area contributed by atoms with Crippen molar-refractivity contribution in [3.8, 4) is 0 Å². The minimum atomic E-state index is 0.0368. The lowest BCUT2D eigenvalue weighted by Gasteiger charge is -2.32. The maximum absolute atomic E-state index is 12.9. The quantitative estimate of drug-likeness (QED) is 0.731. The number of hydrogen-bond acceptors (Lipinski definition) is 4. The van der Waals surface area contributed by atoms with Crippen molar-refractivity contribution in [3.63, 3.8) is 0 Å². The third kappa shape index (κ3) is 2.49. The smallest absolute Gasteiger partial charge is 0.272 e. The second-order valence-electron chi connectivity index (χ2n) is 6.44. The Morgan fingerprint density at radius 3 is 3.08 bits per heavy atom. The fourth-order valence-electron chi connectivity index (χ4n) is 3.82. The lowest BCUT2D eigenvalue weighted by molar-refractivity contribution is 0.0782. The average molecular weight is 407 g/mol. The van der Waals surface area contributed by atoms with Gasteiger partial charge in [0.1, 0.15) is 10.3 Å². The van der Waals surface area contributed by atoms with Crippen LogP contribution in [0.2, 0.25) is 0 Å². The van der Waals surface area contributed by atoms with Crippen molar-refractivity contribution < 1.29 is 4.79 Å². The second kappa shape index (κ2) is 6.19. The molecule has 1 aliphatic carbocycles. The molecule has 7 heteroatoms. The summed E-state index contributed by atoms with van der Waals surface area (Å²) in [6.45, 7) is 3.78. The Balaban J connectivity index is 1.62. The number of rotatable bonds is 3. The van der Waals surface area contributed by atoms with E-state index in [1.807, 2.05) is 21.9 Å². The van der Waals surface area contributed by atoms with Crippen LogP contribution < -0.4 is 0 Å². The molecule has 24 heavy (non-hydrogen) atoms. The van der Waals surface area contributed by atoms with Gasteiger partial charge < -0.3 is 4.90 Å². The van der Waals surface area contributed by atoms with Crippen LogP contribution in [-0.4, -0.2) is 44.9 Å². The highest BCUT2D eigenvalue weighted by Crippen LogP contribution is 2.45. The van der Waals surface area contributed by atoms with E-state index in [1.54, 1.807) is 18.0 Å².